The lowest BCUT2D eigenvalue weighted by Crippen LogP contribution is -2.41. The number of fused-ring (bicyclic) bond motifs is 1. The highest BCUT2D eigenvalue weighted by atomic mass is 16.7. The highest BCUT2D eigenvalue weighted by Gasteiger charge is 2.51. The summed E-state index contributed by atoms with van der Waals surface area (Å²) in [4.78, 5) is 2.26. The van der Waals surface area contributed by atoms with Gasteiger partial charge in [0.1, 0.15) is 0 Å². The molecule has 0 radical (unpaired) electrons. The van der Waals surface area contributed by atoms with Gasteiger partial charge in [0.2, 0.25) is 0 Å². The summed E-state index contributed by atoms with van der Waals surface area (Å²) >= 11 is 0. The Morgan fingerprint density at radius 3 is 2.45 bits per heavy atom. The normalized spacial score (nSPS) is 23.4. The van der Waals surface area contributed by atoms with E-state index in [1.54, 1.807) is 0 Å². The molecule has 0 atom stereocenters. The maximum absolute atomic E-state index is 6.10. The summed E-state index contributed by atoms with van der Waals surface area (Å²) in [6.07, 6.45) is 0. The van der Waals surface area contributed by atoms with Crippen LogP contribution in [0.25, 0.3) is 0 Å². The molecule has 0 amide bonds. The summed E-state index contributed by atoms with van der Waals surface area (Å²) in [5.74, 6) is 0. The third-order valence-corrected chi connectivity index (χ3v) is 4.72. The van der Waals surface area contributed by atoms with Crippen molar-refractivity contribution >= 4 is 24.0 Å². The third-order valence-electron chi connectivity index (χ3n) is 4.72. The Balaban J connectivity index is 1.90. The molecule has 3 rings (SSSR count). The number of nitrogens with one attached hydrogen (secondary N) is 1. The highest BCUT2D eigenvalue weighted by molar-refractivity contribution is 6.62. The molecule has 20 heavy (non-hydrogen) atoms. The highest BCUT2D eigenvalue weighted by Crippen LogP contribution is 2.37. The number of benzene rings is 1. The van der Waals surface area contributed by atoms with Crippen LogP contribution in [0, 0.1) is 0 Å². The van der Waals surface area contributed by atoms with Crippen molar-refractivity contribution in [1.29, 1.82) is 0 Å². The van der Waals surface area contributed by atoms with Gasteiger partial charge >= 0.3 is 7.12 Å². The van der Waals surface area contributed by atoms with E-state index < -0.39 is 0 Å². The second-order valence-corrected chi connectivity index (χ2v) is 6.71. The summed E-state index contributed by atoms with van der Waals surface area (Å²) in [6.45, 7) is 10.3. The minimum atomic E-state index is -0.294. The predicted octanol–water partition coefficient (Wildman–Crippen LogP) is 1.85. The number of likely N-dealkylation sites (N-methyl/N-ethyl adjacent to an activating group) is 1. The first kappa shape index (κ1) is 13.8. The van der Waals surface area contributed by atoms with Crippen molar-refractivity contribution in [3.63, 3.8) is 0 Å². The molecule has 1 aromatic carbocycles. The lowest BCUT2D eigenvalue weighted by Gasteiger charge is -2.32. The fourth-order valence-corrected chi connectivity index (χ4v) is 2.63. The molecule has 0 saturated carbocycles. The van der Waals surface area contributed by atoms with Crippen LogP contribution in [0.5, 0.6) is 0 Å². The Labute approximate surface area is 121 Å². The third kappa shape index (κ3) is 2.09. The lowest BCUT2D eigenvalue weighted by molar-refractivity contribution is 0.00578. The first-order chi connectivity index (χ1) is 9.30. The van der Waals surface area contributed by atoms with E-state index in [9.17, 15) is 0 Å². The minimum absolute atomic E-state index is 0.292. The average molecular weight is 274 g/mol. The molecule has 5 heteroatoms. The zero-order valence-corrected chi connectivity index (χ0v) is 13.0. The van der Waals surface area contributed by atoms with E-state index in [0.717, 1.165) is 24.2 Å². The lowest BCUT2D eigenvalue weighted by atomic mass is 9.78. The largest absolute Gasteiger partial charge is 0.494 e. The van der Waals surface area contributed by atoms with Gasteiger partial charge in [-0.3, -0.25) is 0 Å². The fourth-order valence-electron chi connectivity index (χ4n) is 2.63. The monoisotopic (exact) mass is 274 g/mol. The van der Waals surface area contributed by atoms with Crippen LogP contribution in [0.4, 0.5) is 11.4 Å². The predicted molar refractivity (Wildman–Crippen MR) is 83.9 cm³/mol. The van der Waals surface area contributed by atoms with E-state index in [0.29, 0.717) is 0 Å². The number of hydrogen-bond donors (Lipinski definition) is 1. The SMILES string of the molecule is CN1CCNc2cc(B3OC(C)(C)C(C)(C)O3)ccc21. The van der Waals surface area contributed by atoms with Crippen molar-refractivity contribution in [2.75, 3.05) is 30.4 Å². The Morgan fingerprint density at radius 1 is 1.15 bits per heavy atom. The number of nitrogens with zero attached hydrogens (tertiary/aromatic N) is 1. The summed E-state index contributed by atoms with van der Waals surface area (Å²) in [7, 11) is 1.83. The van der Waals surface area contributed by atoms with Crippen molar-refractivity contribution in [2.24, 2.45) is 0 Å². The van der Waals surface area contributed by atoms with Crippen molar-refractivity contribution in [1.82, 2.24) is 0 Å². The van der Waals surface area contributed by atoms with Gasteiger partial charge < -0.3 is 19.5 Å². The van der Waals surface area contributed by atoms with Crippen molar-refractivity contribution in [3.8, 4) is 0 Å². The van der Waals surface area contributed by atoms with Gasteiger partial charge in [0.25, 0.3) is 0 Å². The van der Waals surface area contributed by atoms with Crippen LogP contribution in [0.15, 0.2) is 18.2 Å². The summed E-state index contributed by atoms with van der Waals surface area (Å²) in [6, 6.07) is 6.39. The van der Waals surface area contributed by atoms with Gasteiger partial charge in [-0.2, -0.15) is 0 Å². The Kier molecular flexibility index (Phi) is 3.03. The molecular formula is C15H23BN2O2. The quantitative estimate of drug-likeness (QED) is 0.792. The average Bonchev–Trinajstić information content (AvgIpc) is 2.58. The molecule has 0 spiro atoms. The van der Waals surface area contributed by atoms with Gasteiger partial charge in [-0.05, 0) is 45.3 Å². The van der Waals surface area contributed by atoms with Crippen LogP contribution in [-0.4, -0.2) is 38.5 Å². The summed E-state index contributed by atoms with van der Waals surface area (Å²) < 4.78 is 12.2. The maximum atomic E-state index is 6.10. The molecule has 108 valence electrons. The van der Waals surface area contributed by atoms with Gasteiger partial charge in [-0.1, -0.05) is 6.07 Å². The first-order valence-electron chi connectivity index (χ1n) is 7.25. The smallest absolute Gasteiger partial charge is 0.399 e. The molecule has 1 aromatic rings. The standard InChI is InChI=1S/C15H23BN2O2/c1-14(2)15(3,4)20-16(19-14)11-6-7-13-12(10-11)17-8-9-18(13)5/h6-7,10,17H,8-9H2,1-5H3. The number of rotatable bonds is 1. The van der Waals surface area contributed by atoms with Crippen LogP contribution in [0.1, 0.15) is 27.7 Å². The maximum Gasteiger partial charge on any atom is 0.494 e. The zero-order valence-electron chi connectivity index (χ0n) is 13.0. The van der Waals surface area contributed by atoms with Crippen LogP contribution in [0.2, 0.25) is 0 Å². The molecule has 2 aliphatic heterocycles. The molecule has 1 saturated heterocycles. The van der Waals surface area contributed by atoms with E-state index in [-0.39, 0.29) is 18.3 Å². The van der Waals surface area contributed by atoms with Gasteiger partial charge in [0, 0.05) is 20.1 Å². The molecule has 2 heterocycles. The Bertz CT molecular complexity index is 515. The van der Waals surface area contributed by atoms with Gasteiger partial charge in [-0.25, -0.2) is 0 Å². The zero-order chi connectivity index (χ0) is 14.5. The minimum Gasteiger partial charge on any atom is -0.399 e. The van der Waals surface area contributed by atoms with Crippen LogP contribution < -0.4 is 15.7 Å². The molecule has 1 fully saturated rings. The summed E-state index contributed by atoms with van der Waals surface area (Å²) in [5.41, 5.74) is 2.88. The van der Waals surface area contributed by atoms with Crippen LogP contribution >= 0.6 is 0 Å². The molecule has 1 N–H and O–H groups in total. The Morgan fingerprint density at radius 2 is 1.80 bits per heavy atom. The molecule has 0 bridgehead atoms. The van der Waals surface area contributed by atoms with Gasteiger partial charge in [0.15, 0.2) is 0 Å². The molecular weight excluding hydrogens is 251 g/mol. The topological polar surface area (TPSA) is 33.7 Å². The first-order valence-corrected chi connectivity index (χ1v) is 7.25. The van der Waals surface area contributed by atoms with E-state index in [1.807, 2.05) is 0 Å². The van der Waals surface area contributed by atoms with Crippen LogP contribution in [-0.2, 0) is 9.31 Å². The van der Waals surface area contributed by atoms with Gasteiger partial charge in [0.05, 0.1) is 22.6 Å². The van der Waals surface area contributed by atoms with E-state index in [1.165, 1.54) is 5.69 Å². The molecule has 0 unspecified atom stereocenters. The fraction of sp³-hybridized carbons (Fsp3) is 0.600. The van der Waals surface area contributed by atoms with Gasteiger partial charge in [-0.15, -0.1) is 0 Å². The van der Waals surface area contributed by atoms with Crippen molar-refractivity contribution in [3.05, 3.63) is 18.2 Å². The number of hydrogen-bond acceptors (Lipinski definition) is 4. The second kappa shape index (κ2) is 4.40. The Hall–Kier alpha value is -1.20. The van der Waals surface area contributed by atoms with Crippen molar-refractivity contribution < 1.29 is 9.31 Å². The van der Waals surface area contributed by atoms with E-state index >= 15 is 0 Å². The molecule has 0 aliphatic carbocycles. The summed E-state index contributed by atoms with van der Waals surface area (Å²) in [5, 5.41) is 3.45. The molecule has 0 aromatic heterocycles. The van der Waals surface area contributed by atoms with Crippen LogP contribution in [0.3, 0.4) is 0 Å². The molecule has 2 aliphatic rings. The van der Waals surface area contributed by atoms with E-state index in [4.69, 9.17) is 9.31 Å². The van der Waals surface area contributed by atoms with E-state index in [2.05, 4.69) is 63.2 Å². The van der Waals surface area contributed by atoms with Crippen molar-refractivity contribution in [2.45, 2.75) is 38.9 Å². The molecule has 4 nitrogen and oxygen atoms in total. The second-order valence-electron chi connectivity index (χ2n) is 6.71. The number of anilines is 2.